The number of likely N-dealkylation sites (tertiary alicyclic amines) is 1. The summed E-state index contributed by atoms with van der Waals surface area (Å²) < 4.78 is 93.5. The first-order valence-corrected chi connectivity index (χ1v) is 7.51. The van der Waals surface area contributed by atoms with E-state index in [2.05, 4.69) is 10.1 Å². The molecule has 0 aliphatic carbocycles. The molecule has 11 heteroatoms. The summed E-state index contributed by atoms with van der Waals surface area (Å²) in [6.07, 6.45) is -11.1. The van der Waals surface area contributed by atoms with Crippen LogP contribution < -0.4 is 5.32 Å². The van der Waals surface area contributed by atoms with Crippen LogP contribution in [0.5, 0.6) is 0 Å². The molecule has 3 rings (SSSR count). The highest BCUT2D eigenvalue weighted by Crippen LogP contribution is 2.43. The van der Waals surface area contributed by atoms with Gasteiger partial charge in [0.25, 0.3) is 0 Å². The van der Waals surface area contributed by atoms with Gasteiger partial charge in [-0.25, -0.2) is 9.18 Å². The number of rotatable bonds is 3. The van der Waals surface area contributed by atoms with E-state index in [-0.39, 0.29) is 18.7 Å². The van der Waals surface area contributed by atoms with E-state index in [4.69, 9.17) is 0 Å². The van der Waals surface area contributed by atoms with Crippen LogP contribution in [0.4, 0.5) is 30.7 Å². The van der Waals surface area contributed by atoms with Crippen molar-refractivity contribution in [1.82, 2.24) is 10.2 Å². The Morgan fingerprint density at radius 2 is 1.88 bits per heavy atom. The lowest BCUT2D eigenvalue weighted by molar-refractivity contribution is -0.263. The highest BCUT2D eigenvalue weighted by Gasteiger charge is 2.60. The first kappa shape index (κ1) is 18.9. The summed E-state index contributed by atoms with van der Waals surface area (Å²) in [5.74, 6) is -3.49. The van der Waals surface area contributed by atoms with Gasteiger partial charge in [0.1, 0.15) is 5.82 Å². The lowest BCUT2D eigenvalue weighted by atomic mass is 9.72. The molecule has 0 aromatic heterocycles. The fraction of sp³-hybridized carbons (Fsp3) is 0.533. The van der Waals surface area contributed by atoms with Gasteiger partial charge in [-0.05, 0) is 12.1 Å². The molecule has 0 amide bonds. The van der Waals surface area contributed by atoms with Crippen molar-refractivity contribution < 1.29 is 40.3 Å². The highest BCUT2D eigenvalue weighted by atomic mass is 19.4. The fourth-order valence-electron chi connectivity index (χ4n) is 3.15. The Morgan fingerprint density at radius 1 is 1.23 bits per heavy atom. The van der Waals surface area contributed by atoms with Crippen molar-refractivity contribution in [2.75, 3.05) is 19.6 Å². The van der Waals surface area contributed by atoms with Crippen LogP contribution in [-0.4, -0.2) is 42.9 Å². The third-order valence-corrected chi connectivity index (χ3v) is 4.53. The maximum Gasteiger partial charge on any atom is 0.490 e. The second-order valence-corrected chi connectivity index (χ2v) is 6.43. The summed E-state index contributed by atoms with van der Waals surface area (Å²) in [6, 6.07) is 1.94. The molecule has 144 valence electrons. The Kier molecular flexibility index (Phi) is 4.42. The number of ether oxygens (including phenoxy) is 1. The molecule has 4 nitrogen and oxygen atoms in total. The zero-order valence-corrected chi connectivity index (χ0v) is 13.0. The first-order valence-electron chi connectivity index (χ1n) is 7.51. The van der Waals surface area contributed by atoms with Gasteiger partial charge in [0.2, 0.25) is 0 Å². The average molecular weight is 386 g/mol. The molecule has 26 heavy (non-hydrogen) atoms. The Labute approximate surface area is 142 Å². The minimum absolute atomic E-state index is 0.131. The zero-order chi connectivity index (χ0) is 19.3. The van der Waals surface area contributed by atoms with Gasteiger partial charge in [-0.1, -0.05) is 6.07 Å². The van der Waals surface area contributed by atoms with Crippen molar-refractivity contribution in [3.8, 4) is 0 Å². The minimum atomic E-state index is -5.17. The van der Waals surface area contributed by atoms with E-state index in [0.29, 0.717) is 25.2 Å². The lowest BCUT2D eigenvalue weighted by Crippen LogP contribution is -2.77. The Hall–Kier alpha value is -1.88. The molecule has 1 aromatic carbocycles. The van der Waals surface area contributed by atoms with E-state index >= 15 is 0 Å². The summed E-state index contributed by atoms with van der Waals surface area (Å²) in [4.78, 5) is 12.4. The van der Waals surface area contributed by atoms with Crippen molar-refractivity contribution >= 4 is 5.97 Å². The van der Waals surface area contributed by atoms with E-state index in [0.717, 1.165) is 6.07 Å². The van der Waals surface area contributed by atoms with Crippen LogP contribution in [0, 0.1) is 11.2 Å². The summed E-state index contributed by atoms with van der Waals surface area (Å²) in [7, 11) is 0. The number of benzene rings is 1. The normalized spacial score (nSPS) is 22.7. The molecule has 1 N–H and O–H groups in total. The standard InChI is InChI=1S/C15H13F7N2O2/c16-10-3-9(14(17,18)19)2-1-8(10)4-24-7-13(5-23-6-13)11(24)26-12(25)15(20,21)22/h1-3,11,23H,4-7H2. The van der Waals surface area contributed by atoms with Crippen LogP contribution in [0.15, 0.2) is 18.2 Å². The summed E-state index contributed by atoms with van der Waals surface area (Å²) in [6.45, 7) is 0.612. The number of hydrogen-bond acceptors (Lipinski definition) is 4. The molecule has 1 atom stereocenters. The van der Waals surface area contributed by atoms with Crippen LogP contribution >= 0.6 is 0 Å². The predicted molar refractivity (Wildman–Crippen MR) is 73.0 cm³/mol. The van der Waals surface area contributed by atoms with E-state index in [1.807, 2.05) is 0 Å². The number of alkyl halides is 6. The fourth-order valence-corrected chi connectivity index (χ4v) is 3.15. The molecule has 2 aliphatic rings. The molecule has 2 saturated heterocycles. The van der Waals surface area contributed by atoms with E-state index in [1.165, 1.54) is 4.90 Å². The highest BCUT2D eigenvalue weighted by molar-refractivity contribution is 5.75. The molecule has 2 fully saturated rings. The summed E-state index contributed by atoms with van der Waals surface area (Å²) in [5.41, 5.74) is -1.99. The largest absolute Gasteiger partial charge is 0.490 e. The molecule has 1 aromatic rings. The molecular weight excluding hydrogens is 373 g/mol. The smallest absolute Gasteiger partial charge is 0.439 e. The summed E-state index contributed by atoms with van der Waals surface area (Å²) >= 11 is 0. The zero-order valence-electron chi connectivity index (χ0n) is 13.0. The van der Waals surface area contributed by atoms with Crippen LogP contribution in [0.25, 0.3) is 0 Å². The number of nitrogens with zero attached hydrogens (tertiary/aromatic N) is 1. The molecule has 0 saturated carbocycles. The Morgan fingerprint density at radius 3 is 2.35 bits per heavy atom. The van der Waals surface area contributed by atoms with Gasteiger partial charge in [-0.2, -0.15) is 26.3 Å². The van der Waals surface area contributed by atoms with Crippen LogP contribution in [-0.2, 0) is 22.3 Å². The third-order valence-electron chi connectivity index (χ3n) is 4.53. The van der Waals surface area contributed by atoms with Crippen LogP contribution in [0.3, 0.4) is 0 Å². The molecule has 0 bridgehead atoms. The molecule has 1 unspecified atom stereocenters. The quantitative estimate of drug-likeness (QED) is 0.641. The van der Waals surface area contributed by atoms with Gasteiger partial charge in [0.05, 0.1) is 11.0 Å². The van der Waals surface area contributed by atoms with Crippen LogP contribution in [0.1, 0.15) is 11.1 Å². The maximum absolute atomic E-state index is 13.9. The van der Waals surface area contributed by atoms with Gasteiger partial charge in [0.15, 0.2) is 6.23 Å². The minimum Gasteiger partial charge on any atom is -0.439 e. The van der Waals surface area contributed by atoms with Crippen molar-refractivity contribution in [2.45, 2.75) is 25.1 Å². The second-order valence-electron chi connectivity index (χ2n) is 6.43. The molecule has 2 heterocycles. The monoisotopic (exact) mass is 386 g/mol. The average Bonchev–Trinajstić information content (AvgIpc) is 2.45. The number of carbonyl (C=O) groups is 1. The third kappa shape index (κ3) is 3.37. The SMILES string of the molecule is O=C(OC1N(Cc2ccc(C(F)(F)F)cc2F)CC12CNC2)C(F)(F)F. The topological polar surface area (TPSA) is 41.6 Å². The van der Waals surface area contributed by atoms with Crippen molar-refractivity contribution in [3.63, 3.8) is 0 Å². The number of nitrogens with one attached hydrogen (secondary N) is 1. The van der Waals surface area contributed by atoms with E-state index in [1.54, 1.807) is 0 Å². The van der Waals surface area contributed by atoms with E-state index < -0.39 is 41.3 Å². The van der Waals surface area contributed by atoms with Gasteiger partial charge in [0, 0.05) is 31.7 Å². The van der Waals surface area contributed by atoms with Crippen LogP contribution in [0.2, 0.25) is 0 Å². The van der Waals surface area contributed by atoms with Gasteiger partial charge < -0.3 is 10.1 Å². The van der Waals surface area contributed by atoms with Crippen molar-refractivity contribution in [1.29, 1.82) is 0 Å². The lowest BCUT2D eigenvalue weighted by Gasteiger charge is -2.60. The van der Waals surface area contributed by atoms with E-state index in [9.17, 15) is 35.5 Å². The van der Waals surface area contributed by atoms with Gasteiger partial charge >= 0.3 is 18.3 Å². The molecular formula is C15H13F7N2O2. The van der Waals surface area contributed by atoms with Gasteiger partial charge in [-0.3, -0.25) is 4.90 Å². The maximum atomic E-state index is 13.9. The Balaban J connectivity index is 1.74. The van der Waals surface area contributed by atoms with Gasteiger partial charge in [-0.15, -0.1) is 0 Å². The van der Waals surface area contributed by atoms with Crippen molar-refractivity contribution in [3.05, 3.63) is 35.1 Å². The number of halogens is 7. The molecule has 0 radical (unpaired) electrons. The molecule has 1 spiro atoms. The predicted octanol–water partition coefficient (Wildman–Crippen LogP) is 2.68. The first-order chi connectivity index (χ1) is 11.9. The number of hydrogen-bond donors (Lipinski definition) is 1. The second kappa shape index (κ2) is 6.08. The summed E-state index contributed by atoms with van der Waals surface area (Å²) in [5, 5.41) is 2.87. The molecule has 2 aliphatic heterocycles. The number of carbonyl (C=O) groups excluding carboxylic acids is 1. The Bertz CT molecular complexity index is 713. The number of esters is 1. The van der Waals surface area contributed by atoms with Crippen molar-refractivity contribution in [2.24, 2.45) is 5.41 Å².